The molecule has 1 N–H and O–H groups in total. The number of nitrogens with one attached hydrogen (secondary N) is 1. The van der Waals surface area contributed by atoms with E-state index < -0.39 is 0 Å². The largest absolute Gasteiger partial charge is 0.370 e. The van der Waals surface area contributed by atoms with Crippen LogP contribution < -0.4 is 5.32 Å². The van der Waals surface area contributed by atoms with Crippen molar-refractivity contribution in [1.29, 1.82) is 0 Å². The molecule has 0 bridgehead atoms. The lowest BCUT2D eigenvalue weighted by atomic mass is 9.83. The van der Waals surface area contributed by atoms with Crippen molar-refractivity contribution in [2.24, 2.45) is 0 Å². The molecule has 2 aliphatic heterocycles. The molecule has 1 saturated carbocycles. The number of nitrogens with zero attached hydrogens (tertiary/aromatic N) is 1. The Morgan fingerprint density at radius 1 is 1.10 bits per heavy atom. The summed E-state index contributed by atoms with van der Waals surface area (Å²) < 4.78 is 6.59. The Morgan fingerprint density at radius 2 is 1.90 bits per heavy atom. The zero-order valence-corrected chi connectivity index (χ0v) is 14.1. The van der Waals surface area contributed by atoms with E-state index in [1.165, 1.54) is 70.9 Å². The van der Waals surface area contributed by atoms with Gasteiger partial charge >= 0.3 is 0 Å². The van der Waals surface area contributed by atoms with Gasteiger partial charge in [-0.1, -0.05) is 33.1 Å². The molecule has 2 saturated heterocycles. The molecule has 21 heavy (non-hydrogen) atoms. The molecular formula is C18H34N2O. The first-order valence-corrected chi connectivity index (χ1v) is 9.40. The van der Waals surface area contributed by atoms with Gasteiger partial charge in [0.15, 0.2) is 0 Å². The lowest BCUT2D eigenvalue weighted by molar-refractivity contribution is -0.0774. The van der Waals surface area contributed by atoms with Crippen molar-refractivity contribution in [2.45, 2.75) is 95.4 Å². The molecule has 0 radical (unpaired) electrons. The maximum atomic E-state index is 6.59. The topological polar surface area (TPSA) is 24.5 Å². The summed E-state index contributed by atoms with van der Waals surface area (Å²) in [6.45, 7) is 8.15. The number of ether oxygens (including phenoxy) is 1. The normalized spacial score (nSPS) is 37.1. The monoisotopic (exact) mass is 294 g/mol. The van der Waals surface area contributed by atoms with Crippen LogP contribution in [0.1, 0.15) is 71.6 Å². The standard InChI is InChI=1S/C18H34N2O/c1-3-15-13-20(16(4-2)12-19-15)14-17-8-11-18(21-17)9-6-5-7-10-18/h15-17,19H,3-14H2,1-2H3. The minimum atomic E-state index is 0.281. The fourth-order valence-corrected chi connectivity index (χ4v) is 4.68. The Labute approximate surface area is 130 Å². The molecule has 3 rings (SSSR count). The van der Waals surface area contributed by atoms with E-state index in [1.807, 2.05) is 0 Å². The molecule has 0 aromatic heterocycles. The van der Waals surface area contributed by atoms with Gasteiger partial charge in [-0.25, -0.2) is 0 Å². The summed E-state index contributed by atoms with van der Waals surface area (Å²) >= 11 is 0. The maximum absolute atomic E-state index is 6.59. The van der Waals surface area contributed by atoms with Crippen molar-refractivity contribution >= 4 is 0 Å². The number of hydrogen-bond acceptors (Lipinski definition) is 3. The second kappa shape index (κ2) is 6.97. The molecule has 3 heteroatoms. The Hall–Kier alpha value is -0.120. The quantitative estimate of drug-likeness (QED) is 0.861. The maximum Gasteiger partial charge on any atom is 0.0710 e. The predicted molar refractivity (Wildman–Crippen MR) is 87.7 cm³/mol. The van der Waals surface area contributed by atoms with Gasteiger partial charge in [-0.05, 0) is 38.5 Å². The summed E-state index contributed by atoms with van der Waals surface area (Å²) in [5.41, 5.74) is 0.281. The summed E-state index contributed by atoms with van der Waals surface area (Å²) in [7, 11) is 0. The fourth-order valence-electron chi connectivity index (χ4n) is 4.68. The van der Waals surface area contributed by atoms with E-state index in [2.05, 4.69) is 24.1 Å². The summed E-state index contributed by atoms with van der Waals surface area (Å²) in [6, 6.07) is 1.39. The summed E-state index contributed by atoms with van der Waals surface area (Å²) in [6.07, 6.45) is 12.4. The first-order chi connectivity index (χ1) is 10.2. The van der Waals surface area contributed by atoms with Crippen LogP contribution in [0.5, 0.6) is 0 Å². The Balaban J connectivity index is 1.55. The Kier molecular flexibility index (Phi) is 5.23. The van der Waals surface area contributed by atoms with E-state index >= 15 is 0 Å². The molecule has 3 unspecified atom stereocenters. The molecule has 3 nitrogen and oxygen atoms in total. The highest BCUT2D eigenvalue weighted by molar-refractivity contribution is 4.94. The van der Waals surface area contributed by atoms with E-state index in [9.17, 15) is 0 Å². The molecular weight excluding hydrogens is 260 g/mol. The van der Waals surface area contributed by atoms with Gasteiger partial charge in [-0.15, -0.1) is 0 Å². The molecule has 1 aliphatic carbocycles. The fraction of sp³-hybridized carbons (Fsp3) is 1.00. The third-order valence-electron chi connectivity index (χ3n) is 6.12. The van der Waals surface area contributed by atoms with Gasteiger partial charge in [0.05, 0.1) is 11.7 Å². The highest BCUT2D eigenvalue weighted by Crippen LogP contribution is 2.42. The van der Waals surface area contributed by atoms with E-state index in [4.69, 9.17) is 4.74 Å². The molecule has 3 fully saturated rings. The highest BCUT2D eigenvalue weighted by atomic mass is 16.5. The van der Waals surface area contributed by atoms with Crippen LogP contribution in [0.25, 0.3) is 0 Å². The Morgan fingerprint density at radius 3 is 2.62 bits per heavy atom. The molecule has 0 amide bonds. The first-order valence-electron chi connectivity index (χ1n) is 9.40. The predicted octanol–water partition coefficient (Wildman–Crippen LogP) is 3.33. The summed E-state index contributed by atoms with van der Waals surface area (Å²) in [5, 5.41) is 3.70. The van der Waals surface area contributed by atoms with E-state index in [-0.39, 0.29) is 5.60 Å². The second-order valence-electron chi connectivity index (χ2n) is 7.55. The van der Waals surface area contributed by atoms with Crippen molar-refractivity contribution in [3.8, 4) is 0 Å². The van der Waals surface area contributed by atoms with Gasteiger partial charge in [0.25, 0.3) is 0 Å². The average Bonchev–Trinajstić information content (AvgIpc) is 2.90. The Bertz CT molecular complexity index is 327. The highest BCUT2D eigenvalue weighted by Gasteiger charge is 2.41. The van der Waals surface area contributed by atoms with Crippen LogP contribution in [-0.4, -0.2) is 48.3 Å². The third-order valence-corrected chi connectivity index (χ3v) is 6.12. The van der Waals surface area contributed by atoms with Crippen molar-refractivity contribution in [3.05, 3.63) is 0 Å². The van der Waals surface area contributed by atoms with Crippen LogP contribution in [0.15, 0.2) is 0 Å². The van der Waals surface area contributed by atoms with Crippen molar-refractivity contribution in [1.82, 2.24) is 10.2 Å². The van der Waals surface area contributed by atoms with Gasteiger partial charge in [0.2, 0.25) is 0 Å². The van der Waals surface area contributed by atoms with Gasteiger partial charge in [-0.2, -0.15) is 0 Å². The van der Waals surface area contributed by atoms with E-state index in [0.717, 1.165) is 6.54 Å². The molecule has 0 aromatic rings. The van der Waals surface area contributed by atoms with Crippen molar-refractivity contribution in [3.63, 3.8) is 0 Å². The molecule has 2 heterocycles. The molecule has 3 atom stereocenters. The van der Waals surface area contributed by atoms with Crippen LogP contribution in [0.4, 0.5) is 0 Å². The minimum Gasteiger partial charge on any atom is -0.370 e. The van der Waals surface area contributed by atoms with Gasteiger partial charge in [0, 0.05) is 31.7 Å². The van der Waals surface area contributed by atoms with Crippen LogP contribution >= 0.6 is 0 Å². The minimum absolute atomic E-state index is 0.281. The van der Waals surface area contributed by atoms with Gasteiger partial charge < -0.3 is 10.1 Å². The second-order valence-corrected chi connectivity index (χ2v) is 7.55. The summed E-state index contributed by atoms with van der Waals surface area (Å²) in [5.74, 6) is 0. The number of piperazine rings is 1. The molecule has 1 spiro atoms. The zero-order chi connectivity index (χ0) is 14.7. The lowest BCUT2D eigenvalue weighted by Gasteiger charge is -2.41. The van der Waals surface area contributed by atoms with Crippen molar-refractivity contribution < 1.29 is 4.74 Å². The van der Waals surface area contributed by atoms with Gasteiger partial charge in [0.1, 0.15) is 0 Å². The van der Waals surface area contributed by atoms with E-state index in [0.29, 0.717) is 18.2 Å². The third kappa shape index (κ3) is 3.62. The lowest BCUT2D eigenvalue weighted by Crippen LogP contribution is -2.57. The molecule has 3 aliphatic rings. The zero-order valence-electron chi connectivity index (χ0n) is 14.1. The SMILES string of the molecule is CCC1CN(CC2CCC3(CCCCC3)O2)C(CC)CN1. The smallest absolute Gasteiger partial charge is 0.0710 e. The van der Waals surface area contributed by atoms with Gasteiger partial charge in [-0.3, -0.25) is 4.90 Å². The molecule has 0 aromatic carbocycles. The summed E-state index contributed by atoms with van der Waals surface area (Å²) in [4.78, 5) is 2.72. The number of rotatable bonds is 4. The first kappa shape index (κ1) is 15.8. The average molecular weight is 294 g/mol. The van der Waals surface area contributed by atoms with Crippen molar-refractivity contribution in [2.75, 3.05) is 19.6 Å². The van der Waals surface area contributed by atoms with Crippen LogP contribution in [0, 0.1) is 0 Å². The van der Waals surface area contributed by atoms with E-state index in [1.54, 1.807) is 0 Å². The van der Waals surface area contributed by atoms with Crippen LogP contribution in [-0.2, 0) is 4.74 Å². The number of hydrogen-bond donors (Lipinski definition) is 1. The van der Waals surface area contributed by atoms with Crippen LogP contribution in [0.3, 0.4) is 0 Å². The van der Waals surface area contributed by atoms with Crippen LogP contribution in [0.2, 0.25) is 0 Å². The molecule has 122 valence electrons.